The maximum Gasteiger partial charge on any atom is 0.424 e. The summed E-state index contributed by atoms with van der Waals surface area (Å²) in [5.41, 5.74) is 2.67. The van der Waals surface area contributed by atoms with Crippen LogP contribution in [0.3, 0.4) is 0 Å². The summed E-state index contributed by atoms with van der Waals surface area (Å²) in [6.07, 6.45) is 2.61. The van der Waals surface area contributed by atoms with Crippen molar-refractivity contribution in [3.63, 3.8) is 0 Å². The molecule has 0 radical (unpaired) electrons. The lowest BCUT2D eigenvalue weighted by atomic mass is 10.1. The summed E-state index contributed by atoms with van der Waals surface area (Å²) >= 11 is 3.36. The Morgan fingerprint density at radius 3 is 1.94 bits per heavy atom. The molecule has 0 bridgehead atoms. The van der Waals surface area contributed by atoms with Crippen LogP contribution in [0.2, 0.25) is 0 Å². The molecule has 0 spiro atoms. The number of rotatable bonds is 7. The highest BCUT2D eigenvalue weighted by Gasteiger charge is 2.21. The van der Waals surface area contributed by atoms with E-state index in [0.717, 1.165) is 10.0 Å². The van der Waals surface area contributed by atoms with E-state index in [-0.39, 0.29) is 11.5 Å². The summed E-state index contributed by atoms with van der Waals surface area (Å²) in [6.45, 7) is 0. The molecule has 0 N–H and O–H groups in total. The predicted molar refractivity (Wildman–Crippen MR) is 142 cm³/mol. The molecule has 1 amide bonds. The molecule has 35 heavy (non-hydrogen) atoms. The monoisotopic (exact) mass is 527 g/mol. The number of halogens is 1. The normalized spacial score (nSPS) is 10.7. The van der Waals surface area contributed by atoms with Gasteiger partial charge in [0.1, 0.15) is 0 Å². The molecule has 0 atom stereocenters. The van der Waals surface area contributed by atoms with Gasteiger partial charge < -0.3 is 9.47 Å². The molecule has 4 aromatic carbocycles. The molecule has 4 rings (SSSR count). The van der Waals surface area contributed by atoms with Crippen molar-refractivity contribution in [3.05, 3.63) is 125 Å². The number of carbonyl (C=O) groups is 2. The molecule has 0 aromatic heterocycles. The van der Waals surface area contributed by atoms with E-state index in [1.807, 2.05) is 72.8 Å². The number of ketones is 1. The number of para-hydroxylation sites is 2. The third kappa shape index (κ3) is 6.05. The number of allylic oxidation sites excluding steroid dienone is 1. The minimum atomic E-state index is -0.575. The molecule has 0 aliphatic rings. The van der Waals surface area contributed by atoms with E-state index in [4.69, 9.17) is 9.47 Å². The Morgan fingerprint density at radius 2 is 1.37 bits per heavy atom. The van der Waals surface area contributed by atoms with E-state index >= 15 is 0 Å². The fraction of sp³-hybridized carbons (Fsp3) is 0.0345. The third-order valence-electron chi connectivity index (χ3n) is 5.15. The lowest BCUT2D eigenvalue weighted by Crippen LogP contribution is -2.29. The molecular formula is C29H22BrNO4. The second-order valence-electron chi connectivity index (χ2n) is 7.49. The average molecular weight is 528 g/mol. The third-order valence-corrected chi connectivity index (χ3v) is 5.68. The number of ether oxygens (including phenoxy) is 2. The molecule has 0 fully saturated rings. The first-order chi connectivity index (χ1) is 17.0. The van der Waals surface area contributed by atoms with Gasteiger partial charge in [-0.1, -0.05) is 64.5 Å². The lowest BCUT2D eigenvalue weighted by molar-refractivity contribution is 0.104. The minimum absolute atomic E-state index is 0.117. The first kappa shape index (κ1) is 24.0. The number of carbonyl (C=O) groups excluding carboxylic acids is 2. The van der Waals surface area contributed by atoms with Crippen molar-refractivity contribution < 1.29 is 19.1 Å². The van der Waals surface area contributed by atoms with Crippen molar-refractivity contribution in [1.82, 2.24) is 0 Å². The summed E-state index contributed by atoms with van der Waals surface area (Å²) in [5.74, 6) is 0.525. The Bertz CT molecular complexity index is 1300. The number of benzene rings is 4. The van der Waals surface area contributed by atoms with Gasteiger partial charge in [-0.2, -0.15) is 0 Å². The van der Waals surface area contributed by atoms with Crippen LogP contribution >= 0.6 is 15.9 Å². The number of amides is 1. The van der Waals surface area contributed by atoms with E-state index in [9.17, 15) is 9.59 Å². The molecule has 5 nitrogen and oxygen atoms in total. The molecule has 4 aromatic rings. The molecule has 0 aliphatic carbocycles. The van der Waals surface area contributed by atoms with Gasteiger partial charge in [0, 0.05) is 10.0 Å². The highest BCUT2D eigenvalue weighted by molar-refractivity contribution is 9.10. The van der Waals surface area contributed by atoms with Crippen LogP contribution in [0.5, 0.6) is 11.5 Å². The van der Waals surface area contributed by atoms with Crippen LogP contribution in [0, 0.1) is 0 Å². The van der Waals surface area contributed by atoms with Gasteiger partial charge >= 0.3 is 6.09 Å². The first-order valence-electron chi connectivity index (χ1n) is 10.8. The van der Waals surface area contributed by atoms with Gasteiger partial charge in [0.15, 0.2) is 17.3 Å². The number of hydrogen-bond acceptors (Lipinski definition) is 4. The molecule has 0 saturated carbocycles. The Morgan fingerprint density at radius 1 is 0.771 bits per heavy atom. The topological polar surface area (TPSA) is 55.8 Å². The van der Waals surface area contributed by atoms with Crippen LogP contribution in [0.15, 0.2) is 114 Å². The first-order valence-corrected chi connectivity index (χ1v) is 11.6. The standard InChI is InChI=1S/C29H22BrNO4/c1-34-28-20-21(12-18-26(32)22-14-16-23(30)17-15-22)13-19-27(28)35-29(33)31(24-8-4-2-5-9-24)25-10-6-3-7-11-25/h2-20H,1H3/b18-12+. The maximum atomic E-state index is 13.2. The molecule has 6 heteroatoms. The molecule has 0 heterocycles. The highest BCUT2D eigenvalue weighted by atomic mass is 79.9. The van der Waals surface area contributed by atoms with Gasteiger partial charge in [-0.05, 0) is 72.3 Å². The Kier molecular flexibility index (Phi) is 7.75. The lowest BCUT2D eigenvalue weighted by Gasteiger charge is -2.22. The van der Waals surface area contributed by atoms with Crippen LogP contribution < -0.4 is 14.4 Å². The summed E-state index contributed by atoms with van der Waals surface area (Å²) in [5, 5.41) is 0. The van der Waals surface area contributed by atoms with Gasteiger partial charge in [-0.25, -0.2) is 9.69 Å². The van der Waals surface area contributed by atoms with E-state index in [0.29, 0.717) is 22.7 Å². The zero-order valence-electron chi connectivity index (χ0n) is 18.9. The quantitative estimate of drug-likeness (QED) is 0.182. The zero-order valence-corrected chi connectivity index (χ0v) is 20.5. The van der Waals surface area contributed by atoms with E-state index in [1.54, 1.807) is 36.4 Å². The molecule has 174 valence electrons. The van der Waals surface area contributed by atoms with E-state index < -0.39 is 6.09 Å². The average Bonchev–Trinajstić information content (AvgIpc) is 2.89. The van der Waals surface area contributed by atoms with Gasteiger partial charge in [0.2, 0.25) is 0 Å². The maximum absolute atomic E-state index is 13.2. The fourth-order valence-electron chi connectivity index (χ4n) is 3.41. The number of nitrogens with zero attached hydrogens (tertiary/aromatic N) is 1. The van der Waals surface area contributed by atoms with Crippen molar-refractivity contribution >= 4 is 45.3 Å². The van der Waals surface area contributed by atoms with Crippen LogP contribution in [0.1, 0.15) is 15.9 Å². The van der Waals surface area contributed by atoms with Gasteiger partial charge in [0.25, 0.3) is 0 Å². The number of anilines is 2. The van der Waals surface area contributed by atoms with Crippen LogP contribution in [0.4, 0.5) is 16.2 Å². The van der Waals surface area contributed by atoms with Gasteiger partial charge in [-0.3, -0.25) is 4.79 Å². The second kappa shape index (κ2) is 11.3. The van der Waals surface area contributed by atoms with Gasteiger partial charge in [-0.15, -0.1) is 0 Å². The van der Waals surface area contributed by atoms with Crippen molar-refractivity contribution in [2.45, 2.75) is 0 Å². The van der Waals surface area contributed by atoms with Crippen LogP contribution in [0.25, 0.3) is 6.08 Å². The summed E-state index contributed by atoms with van der Waals surface area (Å²) in [4.78, 5) is 27.2. The molecule has 0 unspecified atom stereocenters. The van der Waals surface area contributed by atoms with Crippen molar-refractivity contribution in [3.8, 4) is 11.5 Å². The van der Waals surface area contributed by atoms with Crippen molar-refractivity contribution in [2.24, 2.45) is 0 Å². The number of hydrogen-bond donors (Lipinski definition) is 0. The predicted octanol–water partition coefficient (Wildman–Crippen LogP) is 7.69. The fourth-order valence-corrected chi connectivity index (χ4v) is 3.67. The molecule has 0 saturated heterocycles. The van der Waals surface area contributed by atoms with Crippen molar-refractivity contribution in [2.75, 3.05) is 12.0 Å². The summed E-state index contributed by atoms with van der Waals surface area (Å²) in [6, 6.07) is 30.8. The van der Waals surface area contributed by atoms with Crippen molar-refractivity contribution in [1.29, 1.82) is 0 Å². The summed E-state index contributed by atoms with van der Waals surface area (Å²) < 4.78 is 12.1. The molecule has 0 aliphatic heterocycles. The summed E-state index contributed by atoms with van der Waals surface area (Å²) in [7, 11) is 1.50. The van der Waals surface area contributed by atoms with E-state index in [2.05, 4.69) is 15.9 Å². The highest BCUT2D eigenvalue weighted by Crippen LogP contribution is 2.32. The second-order valence-corrected chi connectivity index (χ2v) is 8.40. The van der Waals surface area contributed by atoms with Gasteiger partial charge in [0.05, 0.1) is 18.5 Å². The SMILES string of the molecule is COc1cc(/C=C/C(=O)c2ccc(Br)cc2)ccc1OC(=O)N(c1ccccc1)c1ccccc1. The zero-order chi connectivity index (χ0) is 24.6. The minimum Gasteiger partial charge on any atom is -0.493 e. The van der Waals surface area contributed by atoms with Crippen LogP contribution in [-0.4, -0.2) is 19.0 Å². The van der Waals surface area contributed by atoms with E-state index in [1.165, 1.54) is 18.1 Å². The molecular weight excluding hydrogens is 506 g/mol. The Hall–Kier alpha value is -4.16. The Labute approximate surface area is 212 Å². The van der Waals surface area contributed by atoms with Crippen LogP contribution in [-0.2, 0) is 0 Å². The smallest absolute Gasteiger partial charge is 0.424 e. The largest absolute Gasteiger partial charge is 0.493 e. The Balaban J connectivity index is 1.55. The number of methoxy groups -OCH3 is 1.